The van der Waals surface area contributed by atoms with E-state index in [4.69, 9.17) is 14.2 Å². The van der Waals surface area contributed by atoms with Crippen LogP contribution in [-0.2, 0) is 0 Å². The molecule has 2 N–H and O–H groups in total. The molecule has 0 spiro atoms. The average molecular weight is 487 g/mol. The quantitative estimate of drug-likeness (QED) is 0.298. The van der Waals surface area contributed by atoms with Gasteiger partial charge in [-0.25, -0.2) is 9.59 Å². The lowest BCUT2D eigenvalue weighted by atomic mass is 10.0. The highest BCUT2D eigenvalue weighted by atomic mass is 16.6. The highest BCUT2D eigenvalue weighted by molar-refractivity contribution is 5.98. The summed E-state index contributed by atoms with van der Waals surface area (Å²) in [7, 11) is 0. The van der Waals surface area contributed by atoms with E-state index in [0.29, 0.717) is 59.6 Å². The second kappa shape index (κ2) is 15.1. The zero-order chi connectivity index (χ0) is 25.6. The molecule has 2 unspecified atom stereocenters. The Morgan fingerprint density at radius 2 is 1.34 bits per heavy atom. The Kier molecular flexibility index (Phi) is 12.2. The zero-order valence-electron chi connectivity index (χ0n) is 21.9. The molecule has 0 radical (unpaired) electrons. The van der Waals surface area contributed by atoms with Crippen molar-refractivity contribution in [2.75, 3.05) is 19.7 Å². The van der Waals surface area contributed by atoms with Crippen molar-refractivity contribution in [3.8, 4) is 17.2 Å². The van der Waals surface area contributed by atoms with E-state index >= 15 is 0 Å². The van der Waals surface area contributed by atoms with Crippen LogP contribution in [0.4, 0.5) is 9.59 Å². The first-order chi connectivity index (χ1) is 16.9. The first kappa shape index (κ1) is 28.3. The van der Waals surface area contributed by atoms with Crippen LogP contribution in [0, 0.1) is 11.8 Å². The maximum atomic E-state index is 12.6. The molecule has 2 aromatic carbocycles. The molecule has 0 aliphatic heterocycles. The summed E-state index contributed by atoms with van der Waals surface area (Å²) in [5.74, 6) is 1.74. The third-order valence-electron chi connectivity index (χ3n) is 5.91. The van der Waals surface area contributed by atoms with E-state index in [1.165, 1.54) is 0 Å². The first-order valence-electron chi connectivity index (χ1n) is 13.0. The highest BCUT2D eigenvalue weighted by Crippen LogP contribution is 2.41. The summed E-state index contributed by atoms with van der Waals surface area (Å²) in [5, 5.41) is 6.99. The lowest BCUT2D eigenvalue weighted by Gasteiger charge is -2.18. The molecule has 35 heavy (non-hydrogen) atoms. The largest absolute Gasteiger partial charge is 0.490 e. The fourth-order valence-electron chi connectivity index (χ4n) is 3.83. The van der Waals surface area contributed by atoms with Crippen LogP contribution in [0.1, 0.15) is 73.1 Å². The molecule has 0 aromatic heterocycles. The number of carbonyl (C=O) groups excluding carboxylic acids is 2. The number of unbranched alkanes of at least 4 members (excludes halogenated alkanes) is 2. The van der Waals surface area contributed by atoms with Gasteiger partial charge in [0.15, 0.2) is 11.5 Å². The number of ether oxygens (including phenoxy) is 3. The minimum absolute atomic E-state index is 0.308. The molecule has 0 saturated carbocycles. The van der Waals surface area contributed by atoms with Crippen molar-refractivity contribution in [2.24, 2.45) is 11.8 Å². The smallest absolute Gasteiger partial charge is 0.412 e. The van der Waals surface area contributed by atoms with Gasteiger partial charge in [-0.15, -0.1) is 0 Å². The zero-order valence-corrected chi connectivity index (χ0v) is 21.9. The van der Waals surface area contributed by atoms with Crippen molar-refractivity contribution in [1.29, 1.82) is 0 Å². The summed E-state index contributed by atoms with van der Waals surface area (Å²) < 4.78 is 17.1. The van der Waals surface area contributed by atoms with Gasteiger partial charge in [-0.1, -0.05) is 77.6 Å². The van der Waals surface area contributed by atoms with Crippen LogP contribution in [0.15, 0.2) is 30.3 Å². The van der Waals surface area contributed by atoms with E-state index < -0.39 is 12.2 Å². The normalized spacial score (nSPS) is 12.6. The Hall–Kier alpha value is -2.96. The SMILES string of the molecule is CCCCC(C)CNC(=O)Oc1cc(OCC)c(OC(=O)NCC(C)CCCC)c2ccccc12. The summed E-state index contributed by atoms with van der Waals surface area (Å²) >= 11 is 0. The minimum atomic E-state index is -0.535. The van der Waals surface area contributed by atoms with Crippen LogP contribution < -0.4 is 24.8 Å². The van der Waals surface area contributed by atoms with E-state index in [2.05, 4.69) is 38.3 Å². The Bertz CT molecular complexity index is 946. The van der Waals surface area contributed by atoms with Gasteiger partial charge in [0.25, 0.3) is 0 Å². The first-order valence-corrected chi connectivity index (χ1v) is 13.0. The van der Waals surface area contributed by atoms with Crippen molar-refractivity contribution in [3.63, 3.8) is 0 Å². The fourth-order valence-corrected chi connectivity index (χ4v) is 3.83. The van der Waals surface area contributed by atoms with Crippen LogP contribution in [0.3, 0.4) is 0 Å². The molecule has 2 rings (SSSR count). The summed E-state index contributed by atoms with van der Waals surface area (Å²) in [5.41, 5.74) is 0. The molecule has 2 aromatic rings. The van der Waals surface area contributed by atoms with Gasteiger partial charge >= 0.3 is 12.2 Å². The van der Waals surface area contributed by atoms with Crippen LogP contribution in [0.25, 0.3) is 10.8 Å². The third kappa shape index (κ3) is 9.30. The second-order valence-corrected chi connectivity index (χ2v) is 9.22. The number of carbonyl (C=O) groups is 2. The Morgan fingerprint density at radius 1 is 0.800 bits per heavy atom. The van der Waals surface area contributed by atoms with Crippen LogP contribution in [-0.4, -0.2) is 31.9 Å². The number of rotatable bonds is 14. The van der Waals surface area contributed by atoms with E-state index in [1.807, 2.05) is 31.2 Å². The molecule has 2 atom stereocenters. The van der Waals surface area contributed by atoms with Gasteiger partial charge in [0.2, 0.25) is 0 Å². The predicted octanol–water partition coefficient (Wildman–Crippen LogP) is 7.07. The molecule has 0 aliphatic rings. The van der Waals surface area contributed by atoms with Gasteiger partial charge in [-0.3, -0.25) is 0 Å². The minimum Gasteiger partial charge on any atom is -0.490 e. The topological polar surface area (TPSA) is 85.9 Å². The molecule has 2 amide bonds. The fraction of sp³-hybridized carbons (Fsp3) is 0.571. The van der Waals surface area contributed by atoms with Gasteiger partial charge in [-0.2, -0.15) is 0 Å². The molecular weight excluding hydrogens is 444 g/mol. The van der Waals surface area contributed by atoms with Crippen LogP contribution in [0.2, 0.25) is 0 Å². The summed E-state index contributed by atoms with van der Waals surface area (Å²) in [6.07, 6.45) is 5.57. The number of hydrogen-bond acceptors (Lipinski definition) is 5. The van der Waals surface area contributed by atoms with Gasteiger partial charge in [-0.05, 0) is 31.6 Å². The monoisotopic (exact) mass is 486 g/mol. The number of fused-ring (bicyclic) bond motifs is 1. The standard InChI is InChI=1S/C28H42N2O5/c1-6-9-13-20(4)18-29-27(31)34-24-17-25(33-8-3)26(23-16-12-11-15-22(23)24)35-28(32)30-19-21(5)14-10-7-2/h11-12,15-17,20-21H,6-10,13-14,18-19H2,1-5H3,(H,29,31)(H,30,32). The molecule has 0 saturated heterocycles. The molecule has 0 fully saturated rings. The molecule has 0 bridgehead atoms. The van der Waals surface area contributed by atoms with Gasteiger partial charge in [0.05, 0.1) is 6.61 Å². The van der Waals surface area contributed by atoms with Crippen molar-refractivity contribution in [3.05, 3.63) is 30.3 Å². The molecule has 7 nitrogen and oxygen atoms in total. The van der Waals surface area contributed by atoms with Crippen molar-refractivity contribution in [1.82, 2.24) is 10.6 Å². The van der Waals surface area contributed by atoms with Crippen molar-refractivity contribution < 1.29 is 23.8 Å². The van der Waals surface area contributed by atoms with Crippen molar-refractivity contribution in [2.45, 2.75) is 73.1 Å². The van der Waals surface area contributed by atoms with Crippen LogP contribution >= 0.6 is 0 Å². The number of hydrogen-bond donors (Lipinski definition) is 2. The van der Waals surface area contributed by atoms with E-state index in [1.54, 1.807) is 6.07 Å². The number of amides is 2. The van der Waals surface area contributed by atoms with Crippen LogP contribution in [0.5, 0.6) is 17.2 Å². The highest BCUT2D eigenvalue weighted by Gasteiger charge is 2.20. The number of nitrogens with one attached hydrogen (secondary N) is 2. The average Bonchev–Trinajstić information content (AvgIpc) is 2.85. The summed E-state index contributed by atoms with van der Waals surface area (Å²) in [4.78, 5) is 25.1. The second-order valence-electron chi connectivity index (χ2n) is 9.22. The lowest BCUT2D eigenvalue weighted by Crippen LogP contribution is -2.31. The lowest BCUT2D eigenvalue weighted by molar-refractivity contribution is 0.194. The molecule has 0 aliphatic carbocycles. The molecular formula is C28H42N2O5. The van der Waals surface area contributed by atoms with Gasteiger partial charge in [0, 0.05) is 29.9 Å². The van der Waals surface area contributed by atoms with Gasteiger partial charge < -0.3 is 24.8 Å². The Morgan fingerprint density at radius 3 is 1.89 bits per heavy atom. The summed E-state index contributed by atoms with van der Waals surface area (Å²) in [6.45, 7) is 11.8. The predicted molar refractivity (Wildman–Crippen MR) is 141 cm³/mol. The maximum absolute atomic E-state index is 12.6. The Labute approximate surface area is 209 Å². The Balaban J connectivity index is 2.19. The molecule has 0 heterocycles. The summed E-state index contributed by atoms with van der Waals surface area (Å²) in [6, 6.07) is 8.95. The van der Waals surface area contributed by atoms with E-state index in [-0.39, 0.29) is 0 Å². The van der Waals surface area contributed by atoms with E-state index in [9.17, 15) is 9.59 Å². The van der Waals surface area contributed by atoms with Gasteiger partial charge in [0.1, 0.15) is 5.75 Å². The maximum Gasteiger partial charge on any atom is 0.412 e. The van der Waals surface area contributed by atoms with Crippen molar-refractivity contribution >= 4 is 23.0 Å². The molecule has 7 heteroatoms. The van der Waals surface area contributed by atoms with E-state index in [0.717, 1.165) is 38.5 Å². The third-order valence-corrected chi connectivity index (χ3v) is 5.91. The number of benzene rings is 2. The molecule has 194 valence electrons.